The molecule has 0 aromatic rings. The van der Waals surface area contributed by atoms with Gasteiger partial charge in [-0.25, -0.2) is 0 Å². The molecule has 0 radical (unpaired) electrons. The Bertz CT molecular complexity index is 132. The summed E-state index contributed by atoms with van der Waals surface area (Å²) in [5.74, 6) is 0. The van der Waals surface area contributed by atoms with E-state index >= 15 is 0 Å². The molecule has 1 N–H and O–H groups in total. The second-order valence-electron chi connectivity index (χ2n) is 4.42. The van der Waals surface area contributed by atoms with Crippen molar-refractivity contribution < 1.29 is 0 Å². The lowest BCUT2D eigenvalue weighted by Crippen LogP contribution is -2.34. The zero-order chi connectivity index (χ0) is 11.7. The van der Waals surface area contributed by atoms with Crippen molar-refractivity contribution in [3.05, 3.63) is 0 Å². The first kappa shape index (κ1) is 14.9. The number of nitrogens with zero attached hydrogens (tertiary/aromatic N) is 1. The number of hydrogen-bond acceptors (Lipinski definition) is 2. The Labute approximate surface area is 96.4 Å². The third kappa shape index (κ3) is 6.16. The molecule has 0 rings (SSSR count). The average Bonchev–Trinajstić information content (AvgIpc) is 2.28. The van der Waals surface area contributed by atoms with Crippen molar-refractivity contribution in [2.24, 2.45) is 0 Å². The highest BCUT2D eigenvalue weighted by atomic mass is 15.1. The van der Waals surface area contributed by atoms with Gasteiger partial charge in [0.2, 0.25) is 0 Å². The second kappa shape index (κ2) is 9.17. The first-order valence-electron chi connectivity index (χ1n) is 6.60. The van der Waals surface area contributed by atoms with Crippen LogP contribution in [-0.2, 0) is 0 Å². The number of nitrogens with one attached hydrogen (secondary N) is 1. The first-order chi connectivity index (χ1) is 7.19. The van der Waals surface area contributed by atoms with Gasteiger partial charge in [-0.2, -0.15) is 0 Å². The van der Waals surface area contributed by atoms with Crippen LogP contribution in [0.3, 0.4) is 0 Å². The van der Waals surface area contributed by atoms with E-state index in [1.165, 1.54) is 38.8 Å². The SMILES string of the molecule is CCC(CCCN(CC)C(C)CC)NC. The summed E-state index contributed by atoms with van der Waals surface area (Å²) in [6.07, 6.45) is 5.13. The van der Waals surface area contributed by atoms with Gasteiger partial charge in [0.25, 0.3) is 0 Å². The molecule has 2 heteroatoms. The topological polar surface area (TPSA) is 15.3 Å². The van der Waals surface area contributed by atoms with Gasteiger partial charge in [0.05, 0.1) is 0 Å². The minimum Gasteiger partial charge on any atom is -0.317 e. The van der Waals surface area contributed by atoms with Crippen LogP contribution in [0.1, 0.15) is 53.4 Å². The van der Waals surface area contributed by atoms with Gasteiger partial charge in [-0.05, 0) is 52.7 Å². The van der Waals surface area contributed by atoms with Gasteiger partial charge < -0.3 is 10.2 Å². The van der Waals surface area contributed by atoms with Crippen LogP contribution in [0, 0.1) is 0 Å². The van der Waals surface area contributed by atoms with E-state index in [1.54, 1.807) is 0 Å². The Morgan fingerprint density at radius 2 is 1.80 bits per heavy atom. The maximum atomic E-state index is 3.37. The van der Waals surface area contributed by atoms with Crippen molar-refractivity contribution in [2.45, 2.75) is 65.5 Å². The molecule has 0 saturated carbocycles. The summed E-state index contributed by atoms with van der Waals surface area (Å²) < 4.78 is 0. The van der Waals surface area contributed by atoms with Crippen LogP contribution in [-0.4, -0.2) is 37.1 Å². The third-order valence-electron chi connectivity index (χ3n) is 3.52. The van der Waals surface area contributed by atoms with Crippen LogP contribution in [0.25, 0.3) is 0 Å². The van der Waals surface area contributed by atoms with E-state index in [9.17, 15) is 0 Å². The summed E-state index contributed by atoms with van der Waals surface area (Å²) in [7, 11) is 2.07. The maximum absolute atomic E-state index is 3.37. The fraction of sp³-hybridized carbons (Fsp3) is 1.00. The van der Waals surface area contributed by atoms with Crippen LogP contribution in [0.5, 0.6) is 0 Å². The number of rotatable bonds is 9. The summed E-state index contributed by atoms with van der Waals surface area (Å²) in [6.45, 7) is 11.6. The fourth-order valence-corrected chi connectivity index (χ4v) is 2.04. The molecule has 2 atom stereocenters. The molecule has 0 spiro atoms. The van der Waals surface area contributed by atoms with Crippen molar-refractivity contribution in [1.82, 2.24) is 10.2 Å². The molecule has 0 aromatic carbocycles. The van der Waals surface area contributed by atoms with E-state index in [0.717, 1.165) is 6.04 Å². The van der Waals surface area contributed by atoms with Crippen molar-refractivity contribution >= 4 is 0 Å². The summed E-state index contributed by atoms with van der Waals surface area (Å²) in [4.78, 5) is 2.59. The monoisotopic (exact) mass is 214 g/mol. The minimum absolute atomic E-state index is 0.709. The molecule has 0 fully saturated rings. The fourth-order valence-electron chi connectivity index (χ4n) is 2.04. The van der Waals surface area contributed by atoms with Crippen LogP contribution in [0.15, 0.2) is 0 Å². The Morgan fingerprint density at radius 3 is 2.20 bits per heavy atom. The van der Waals surface area contributed by atoms with Crippen LogP contribution in [0.4, 0.5) is 0 Å². The summed E-state index contributed by atoms with van der Waals surface area (Å²) >= 11 is 0. The molecule has 15 heavy (non-hydrogen) atoms. The molecule has 0 amide bonds. The number of hydrogen-bond donors (Lipinski definition) is 1. The molecule has 0 saturated heterocycles. The highest BCUT2D eigenvalue weighted by molar-refractivity contribution is 4.67. The van der Waals surface area contributed by atoms with E-state index in [-0.39, 0.29) is 0 Å². The molecule has 92 valence electrons. The van der Waals surface area contributed by atoms with Gasteiger partial charge in [0.1, 0.15) is 0 Å². The van der Waals surface area contributed by atoms with Crippen molar-refractivity contribution in [3.8, 4) is 0 Å². The molecule has 0 aromatic heterocycles. The quantitative estimate of drug-likeness (QED) is 0.635. The van der Waals surface area contributed by atoms with Crippen LogP contribution >= 0.6 is 0 Å². The zero-order valence-electron chi connectivity index (χ0n) is 11.3. The predicted molar refractivity (Wildman–Crippen MR) is 69.4 cm³/mol. The largest absolute Gasteiger partial charge is 0.317 e. The molecule has 2 nitrogen and oxygen atoms in total. The molecule has 0 bridgehead atoms. The van der Waals surface area contributed by atoms with Gasteiger partial charge in [0, 0.05) is 12.1 Å². The van der Waals surface area contributed by atoms with E-state index in [2.05, 4.69) is 45.0 Å². The molecule has 2 unspecified atom stereocenters. The third-order valence-corrected chi connectivity index (χ3v) is 3.52. The summed E-state index contributed by atoms with van der Waals surface area (Å²) in [6, 6.07) is 1.45. The van der Waals surface area contributed by atoms with Crippen molar-refractivity contribution in [3.63, 3.8) is 0 Å². The Kier molecular flexibility index (Phi) is 9.12. The predicted octanol–water partition coefficient (Wildman–Crippen LogP) is 2.89. The highest BCUT2D eigenvalue weighted by Crippen LogP contribution is 2.07. The lowest BCUT2D eigenvalue weighted by molar-refractivity contribution is 0.207. The molecule has 0 aliphatic carbocycles. The lowest BCUT2D eigenvalue weighted by Gasteiger charge is -2.27. The van der Waals surface area contributed by atoms with Gasteiger partial charge >= 0.3 is 0 Å². The maximum Gasteiger partial charge on any atom is 0.00641 e. The molecule has 0 heterocycles. The van der Waals surface area contributed by atoms with E-state index in [4.69, 9.17) is 0 Å². The van der Waals surface area contributed by atoms with Crippen LogP contribution in [0.2, 0.25) is 0 Å². The molecular formula is C13H30N2. The Morgan fingerprint density at radius 1 is 1.13 bits per heavy atom. The van der Waals surface area contributed by atoms with Gasteiger partial charge in [-0.3, -0.25) is 0 Å². The molecule has 0 aliphatic heterocycles. The van der Waals surface area contributed by atoms with Crippen molar-refractivity contribution in [1.29, 1.82) is 0 Å². The van der Waals surface area contributed by atoms with Gasteiger partial charge in [-0.15, -0.1) is 0 Å². The smallest absolute Gasteiger partial charge is 0.00641 e. The highest BCUT2D eigenvalue weighted by Gasteiger charge is 2.10. The standard InChI is InChI=1S/C13H30N2/c1-6-12(4)15(8-3)11-9-10-13(7-2)14-5/h12-14H,6-11H2,1-5H3. The molecular weight excluding hydrogens is 184 g/mol. The lowest BCUT2D eigenvalue weighted by atomic mass is 10.1. The summed E-state index contributed by atoms with van der Waals surface area (Å²) in [5, 5.41) is 3.37. The average molecular weight is 214 g/mol. The van der Waals surface area contributed by atoms with E-state index < -0.39 is 0 Å². The molecule has 0 aliphatic rings. The van der Waals surface area contributed by atoms with Gasteiger partial charge in [-0.1, -0.05) is 20.8 Å². The first-order valence-corrected chi connectivity index (χ1v) is 6.60. The Balaban J connectivity index is 3.71. The minimum atomic E-state index is 0.709. The van der Waals surface area contributed by atoms with Crippen molar-refractivity contribution in [2.75, 3.05) is 20.1 Å². The van der Waals surface area contributed by atoms with E-state index in [0.29, 0.717) is 6.04 Å². The second-order valence-corrected chi connectivity index (χ2v) is 4.42. The van der Waals surface area contributed by atoms with E-state index in [1.807, 2.05) is 0 Å². The normalized spacial score (nSPS) is 15.6. The van der Waals surface area contributed by atoms with Crippen LogP contribution < -0.4 is 5.32 Å². The van der Waals surface area contributed by atoms with Gasteiger partial charge in [0.15, 0.2) is 0 Å². The Hall–Kier alpha value is -0.0800. The summed E-state index contributed by atoms with van der Waals surface area (Å²) in [5.41, 5.74) is 0. The zero-order valence-corrected chi connectivity index (χ0v) is 11.3.